The molecule has 0 bridgehead atoms. The van der Waals surface area contributed by atoms with E-state index in [1.807, 2.05) is 14.2 Å². The zero-order chi connectivity index (χ0) is 20.5. The van der Waals surface area contributed by atoms with Crippen molar-refractivity contribution >= 4 is 8.56 Å². The molecular weight excluding hydrogens is 354 g/mol. The maximum absolute atomic E-state index is 5.79. The number of nitrogens with zero attached hydrogens (tertiary/aromatic N) is 3. The molecule has 0 amide bonds. The van der Waals surface area contributed by atoms with E-state index in [0.29, 0.717) is 0 Å². The van der Waals surface area contributed by atoms with Gasteiger partial charge in [-0.15, -0.1) is 0 Å². The van der Waals surface area contributed by atoms with Gasteiger partial charge in [0.25, 0.3) is 0 Å². The molecule has 0 aromatic carbocycles. The van der Waals surface area contributed by atoms with Crippen molar-refractivity contribution < 1.29 is 8.85 Å². The Hall–Kier alpha value is 0.0169. The Balaban J connectivity index is 4.48. The van der Waals surface area contributed by atoms with E-state index in [1.54, 1.807) is 0 Å². The average molecular weight is 404 g/mol. The lowest BCUT2D eigenvalue weighted by molar-refractivity contribution is 0.211. The molecule has 0 radical (unpaired) electrons. The van der Waals surface area contributed by atoms with Gasteiger partial charge in [-0.05, 0) is 90.3 Å². The third-order valence-corrected chi connectivity index (χ3v) is 9.68. The molecule has 0 heterocycles. The standard InChI is InChI=1S/C21H49N3O2Si/c1-8-22(9-2)16-13-18-24(19-14-17-23(10-3)11-4)20-15-21-27(12-5,25-6)26-7/h8-21H2,1-7H3. The van der Waals surface area contributed by atoms with Crippen molar-refractivity contribution in [2.75, 3.05) is 73.1 Å². The molecule has 164 valence electrons. The van der Waals surface area contributed by atoms with Crippen LogP contribution in [0.2, 0.25) is 12.1 Å². The molecule has 0 saturated carbocycles. The summed E-state index contributed by atoms with van der Waals surface area (Å²) in [6.45, 7) is 21.9. The van der Waals surface area contributed by atoms with Gasteiger partial charge in [0.1, 0.15) is 0 Å². The van der Waals surface area contributed by atoms with E-state index >= 15 is 0 Å². The van der Waals surface area contributed by atoms with Crippen molar-refractivity contribution in [1.82, 2.24) is 14.7 Å². The largest absolute Gasteiger partial charge is 0.398 e. The number of hydrogen-bond acceptors (Lipinski definition) is 5. The zero-order valence-corrected chi connectivity index (χ0v) is 20.6. The maximum atomic E-state index is 5.79. The van der Waals surface area contributed by atoms with Crippen LogP contribution in [0.25, 0.3) is 0 Å². The molecule has 0 fully saturated rings. The van der Waals surface area contributed by atoms with Crippen LogP contribution in [0, 0.1) is 0 Å². The van der Waals surface area contributed by atoms with E-state index in [0.717, 1.165) is 44.8 Å². The van der Waals surface area contributed by atoms with Gasteiger partial charge < -0.3 is 23.6 Å². The van der Waals surface area contributed by atoms with Crippen LogP contribution in [-0.4, -0.2) is 96.4 Å². The molecular formula is C21H49N3O2Si. The van der Waals surface area contributed by atoms with Crippen LogP contribution in [-0.2, 0) is 8.85 Å². The molecule has 0 N–H and O–H groups in total. The van der Waals surface area contributed by atoms with Crippen molar-refractivity contribution in [2.24, 2.45) is 0 Å². The number of rotatable bonds is 19. The van der Waals surface area contributed by atoms with Gasteiger partial charge in [-0.3, -0.25) is 0 Å². The summed E-state index contributed by atoms with van der Waals surface area (Å²) in [4.78, 5) is 7.73. The van der Waals surface area contributed by atoms with E-state index in [4.69, 9.17) is 8.85 Å². The lowest BCUT2D eigenvalue weighted by atomic mass is 10.2. The Bertz CT molecular complexity index is 296. The van der Waals surface area contributed by atoms with Crippen LogP contribution in [0.3, 0.4) is 0 Å². The summed E-state index contributed by atoms with van der Waals surface area (Å²) in [6.07, 6.45) is 3.70. The van der Waals surface area contributed by atoms with Crippen molar-refractivity contribution in [3.63, 3.8) is 0 Å². The van der Waals surface area contributed by atoms with Crippen LogP contribution in [0.1, 0.15) is 53.9 Å². The van der Waals surface area contributed by atoms with Crippen LogP contribution in [0.5, 0.6) is 0 Å². The smallest absolute Gasteiger partial charge is 0.337 e. The van der Waals surface area contributed by atoms with Crippen molar-refractivity contribution in [2.45, 2.75) is 66.0 Å². The van der Waals surface area contributed by atoms with Crippen molar-refractivity contribution in [1.29, 1.82) is 0 Å². The highest BCUT2D eigenvalue weighted by molar-refractivity contribution is 6.67. The fraction of sp³-hybridized carbons (Fsp3) is 1.00. The summed E-state index contributed by atoms with van der Waals surface area (Å²) < 4.78 is 11.6. The fourth-order valence-corrected chi connectivity index (χ4v) is 5.98. The molecule has 6 heteroatoms. The van der Waals surface area contributed by atoms with Gasteiger partial charge in [0.05, 0.1) is 0 Å². The Morgan fingerprint density at radius 3 is 1.26 bits per heavy atom. The quantitative estimate of drug-likeness (QED) is 0.305. The molecule has 0 spiro atoms. The molecule has 0 aromatic heterocycles. The van der Waals surface area contributed by atoms with E-state index in [-0.39, 0.29) is 0 Å². The highest BCUT2D eigenvalue weighted by atomic mass is 28.4. The van der Waals surface area contributed by atoms with E-state index in [1.165, 1.54) is 45.4 Å². The predicted octanol–water partition coefficient (Wildman–Crippen LogP) is 3.90. The van der Waals surface area contributed by atoms with Gasteiger partial charge in [-0.1, -0.05) is 34.6 Å². The third-order valence-electron chi connectivity index (χ3n) is 6.00. The molecule has 0 rings (SSSR count). The second-order valence-electron chi connectivity index (χ2n) is 7.38. The molecule has 0 saturated heterocycles. The highest BCUT2D eigenvalue weighted by Crippen LogP contribution is 2.19. The molecule has 0 aliphatic heterocycles. The minimum atomic E-state index is -1.95. The molecule has 0 unspecified atom stereocenters. The monoisotopic (exact) mass is 403 g/mol. The van der Waals surface area contributed by atoms with E-state index in [9.17, 15) is 0 Å². The van der Waals surface area contributed by atoms with Crippen LogP contribution < -0.4 is 0 Å². The van der Waals surface area contributed by atoms with Gasteiger partial charge in [-0.25, -0.2) is 0 Å². The van der Waals surface area contributed by atoms with Gasteiger partial charge in [0.2, 0.25) is 0 Å². The maximum Gasteiger partial charge on any atom is 0.337 e. The summed E-state index contributed by atoms with van der Waals surface area (Å²) in [5.74, 6) is 0. The first-order valence-corrected chi connectivity index (χ1v) is 13.5. The molecule has 0 aromatic rings. The van der Waals surface area contributed by atoms with Gasteiger partial charge in [-0.2, -0.15) is 0 Å². The molecule has 27 heavy (non-hydrogen) atoms. The minimum Gasteiger partial charge on any atom is -0.398 e. The van der Waals surface area contributed by atoms with E-state index in [2.05, 4.69) is 49.3 Å². The minimum absolute atomic E-state index is 1.03. The first-order chi connectivity index (χ1) is 13.0. The van der Waals surface area contributed by atoms with Crippen LogP contribution >= 0.6 is 0 Å². The topological polar surface area (TPSA) is 28.2 Å². The lowest BCUT2D eigenvalue weighted by Crippen LogP contribution is -2.40. The first kappa shape index (κ1) is 27.0. The highest BCUT2D eigenvalue weighted by Gasteiger charge is 2.32. The third kappa shape index (κ3) is 11.6. The predicted molar refractivity (Wildman–Crippen MR) is 121 cm³/mol. The van der Waals surface area contributed by atoms with Crippen molar-refractivity contribution in [3.05, 3.63) is 0 Å². The molecule has 0 aliphatic rings. The second-order valence-corrected chi connectivity index (χ2v) is 11.2. The normalized spacial score (nSPS) is 12.7. The number of hydrogen-bond donors (Lipinski definition) is 0. The molecule has 0 aliphatic carbocycles. The molecule has 0 atom stereocenters. The SMILES string of the molecule is CCN(CC)CCCN(CCCN(CC)CC)CCC[Si](CC)(OC)OC. The summed E-state index contributed by atoms with van der Waals surface area (Å²) in [6, 6.07) is 2.13. The zero-order valence-electron chi connectivity index (χ0n) is 19.6. The second kappa shape index (κ2) is 16.9. The van der Waals surface area contributed by atoms with Crippen LogP contribution in [0.4, 0.5) is 0 Å². The van der Waals surface area contributed by atoms with Gasteiger partial charge in [0, 0.05) is 14.2 Å². The Morgan fingerprint density at radius 1 is 0.556 bits per heavy atom. The molecule has 5 nitrogen and oxygen atoms in total. The van der Waals surface area contributed by atoms with Crippen molar-refractivity contribution in [3.8, 4) is 0 Å². The van der Waals surface area contributed by atoms with Gasteiger partial charge in [0.15, 0.2) is 0 Å². The van der Waals surface area contributed by atoms with Crippen LogP contribution in [0.15, 0.2) is 0 Å². The Morgan fingerprint density at radius 2 is 0.926 bits per heavy atom. The summed E-state index contributed by atoms with van der Waals surface area (Å²) >= 11 is 0. The summed E-state index contributed by atoms with van der Waals surface area (Å²) in [5, 5.41) is 0. The summed E-state index contributed by atoms with van der Waals surface area (Å²) in [5.41, 5.74) is 0. The first-order valence-electron chi connectivity index (χ1n) is 11.3. The lowest BCUT2D eigenvalue weighted by Gasteiger charge is -2.29. The summed E-state index contributed by atoms with van der Waals surface area (Å²) in [7, 11) is 1.70. The van der Waals surface area contributed by atoms with E-state index < -0.39 is 8.56 Å². The fourth-order valence-electron chi connectivity index (χ4n) is 3.78. The Labute approximate surface area is 171 Å². The average Bonchev–Trinajstić information content (AvgIpc) is 2.71. The Kier molecular flexibility index (Phi) is 16.9. The van der Waals surface area contributed by atoms with Gasteiger partial charge >= 0.3 is 8.56 Å².